The Morgan fingerprint density at radius 3 is 2.58 bits per heavy atom. The molecule has 0 unspecified atom stereocenters. The van der Waals surface area contributed by atoms with Gasteiger partial charge in [-0.15, -0.1) is 23.1 Å². The average Bonchev–Trinajstić information content (AvgIpc) is 3.02. The molecule has 0 saturated heterocycles. The third-order valence-corrected chi connectivity index (χ3v) is 5.76. The van der Waals surface area contributed by atoms with Gasteiger partial charge in [-0.25, -0.2) is 4.98 Å². The number of thioether (sulfide) groups is 1. The first-order valence-corrected chi connectivity index (χ1v) is 10.1. The molecule has 0 spiro atoms. The third kappa shape index (κ3) is 5.19. The van der Waals surface area contributed by atoms with E-state index in [1.165, 1.54) is 9.60 Å². The molecule has 0 aliphatic carbocycles. The van der Waals surface area contributed by atoms with Crippen molar-refractivity contribution < 1.29 is 0 Å². The topological polar surface area (TPSA) is 37.0 Å². The lowest BCUT2D eigenvalue weighted by Gasteiger charge is -2.09. The number of hydrogen-bond donors (Lipinski definition) is 2. The first kappa shape index (κ1) is 17.2. The van der Waals surface area contributed by atoms with Crippen LogP contribution >= 0.6 is 35.3 Å². The van der Waals surface area contributed by atoms with Crippen LogP contribution in [0.15, 0.2) is 59.5 Å². The van der Waals surface area contributed by atoms with Crippen molar-refractivity contribution in [3.05, 3.63) is 59.6 Å². The summed E-state index contributed by atoms with van der Waals surface area (Å²) in [5.74, 6) is 0.990. The number of nitrogens with zero attached hydrogens (tertiary/aromatic N) is 1. The number of rotatable bonds is 7. The highest BCUT2D eigenvalue weighted by Crippen LogP contribution is 2.21. The normalized spacial score (nSPS) is 10.7. The Hall–Kier alpha value is -1.63. The van der Waals surface area contributed by atoms with Crippen LogP contribution in [0.2, 0.25) is 0 Å². The maximum Gasteiger partial charge on any atom is 0.166 e. The summed E-state index contributed by atoms with van der Waals surface area (Å²) in [5.41, 5.74) is 1.08. The Labute approximate surface area is 155 Å². The molecular weight excluding hydrogens is 354 g/mol. The molecule has 0 fully saturated rings. The Balaban J connectivity index is 1.32. The average molecular weight is 374 g/mol. The van der Waals surface area contributed by atoms with Gasteiger partial charge in [-0.05, 0) is 36.5 Å². The molecule has 1 heterocycles. The van der Waals surface area contributed by atoms with E-state index in [-0.39, 0.29) is 0 Å². The molecule has 0 bridgehead atoms. The molecule has 6 heteroatoms. The molecule has 2 aromatic carbocycles. The summed E-state index contributed by atoms with van der Waals surface area (Å²) in [7, 11) is 0. The van der Waals surface area contributed by atoms with Gasteiger partial charge in [-0.3, -0.25) is 0 Å². The van der Waals surface area contributed by atoms with Gasteiger partial charge in [-0.2, -0.15) is 0 Å². The summed E-state index contributed by atoms with van der Waals surface area (Å²) in [6.45, 7) is 1.66. The molecule has 3 aromatic rings. The van der Waals surface area contributed by atoms with E-state index in [0.717, 1.165) is 35.8 Å². The fourth-order valence-corrected chi connectivity index (χ4v) is 4.18. The van der Waals surface area contributed by atoms with Crippen molar-refractivity contribution in [3.63, 3.8) is 0 Å². The van der Waals surface area contributed by atoms with Crippen LogP contribution in [0.4, 0.5) is 0 Å². The number of thiazole rings is 1. The first-order valence-electron chi connectivity index (χ1n) is 7.85. The van der Waals surface area contributed by atoms with E-state index < -0.39 is 0 Å². The summed E-state index contributed by atoms with van der Waals surface area (Å²) >= 11 is 8.89. The number of para-hydroxylation sites is 1. The van der Waals surface area contributed by atoms with E-state index in [9.17, 15) is 0 Å². The second kappa shape index (κ2) is 9.01. The minimum Gasteiger partial charge on any atom is -0.362 e. The second-order valence-corrected chi connectivity index (χ2v) is 7.86. The van der Waals surface area contributed by atoms with Gasteiger partial charge < -0.3 is 10.6 Å². The van der Waals surface area contributed by atoms with Crippen LogP contribution in [-0.2, 0) is 6.42 Å². The summed E-state index contributed by atoms with van der Waals surface area (Å²) in [5, 5.41) is 8.36. The van der Waals surface area contributed by atoms with Crippen molar-refractivity contribution in [3.8, 4) is 0 Å². The number of aromatic nitrogens is 1. The first-order chi connectivity index (χ1) is 11.8. The van der Waals surface area contributed by atoms with Gasteiger partial charge >= 0.3 is 0 Å². The van der Waals surface area contributed by atoms with Crippen LogP contribution in [0.3, 0.4) is 0 Å². The summed E-state index contributed by atoms with van der Waals surface area (Å²) in [4.78, 5) is 5.92. The number of benzene rings is 2. The zero-order valence-corrected chi connectivity index (χ0v) is 15.6. The monoisotopic (exact) mass is 373 g/mol. The second-order valence-electron chi connectivity index (χ2n) is 5.17. The highest BCUT2D eigenvalue weighted by Gasteiger charge is 2.03. The quantitative estimate of drug-likeness (QED) is 0.371. The molecule has 24 heavy (non-hydrogen) atoms. The number of thiocarbonyl (C=S) groups is 1. The van der Waals surface area contributed by atoms with Gasteiger partial charge in [0, 0.05) is 30.2 Å². The van der Waals surface area contributed by atoms with Crippen molar-refractivity contribution in [2.24, 2.45) is 0 Å². The molecule has 0 saturated carbocycles. The lowest BCUT2D eigenvalue weighted by Crippen LogP contribution is -2.37. The van der Waals surface area contributed by atoms with Crippen LogP contribution in [-0.4, -0.2) is 28.9 Å². The molecule has 0 aliphatic heterocycles. The fourth-order valence-electron chi connectivity index (χ4n) is 2.22. The SMILES string of the molecule is S=C(NCCSc1ccccc1)NCCc1nc2ccccc2s1. The third-order valence-electron chi connectivity index (χ3n) is 3.36. The minimum atomic E-state index is 0.713. The number of nitrogens with one attached hydrogen (secondary N) is 2. The Morgan fingerprint density at radius 1 is 1.00 bits per heavy atom. The van der Waals surface area contributed by atoms with E-state index in [1.807, 2.05) is 23.9 Å². The van der Waals surface area contributed by atoms with Crippen molar-refractivity contribution >= 4 is 50.6 Å². The number of hydrogen-bond acceptors (Lipinski definition) is 4. The molecule has 0 radical (unpaired) electrons. The van der Waals surface area contributed by atoms with Gasteiger partial charge in [0.1, 0.15) is 0 Å². The van der Waals surface area contributed by atoms with Crippen LogP contribution in [0.1, 0.15) is 5.01 Å². The van der Waals surface area contributed by atoms with Crippen LogP contribution in [0, 0.1) is 0 Å². The van der Waals surface area contributed by atoms with E-state index in [4.69, 9.17) is 12.2 Å². The van der Waals surface area contributed by atoms with Crippen LogP contribution in [0.25, 0.3) is 10.2 Å². The maximum absolute atomic E-state index is 5.32. The van der Waals surface area contributed by atoms with Gasteiger partial charge in [-0.1, -0.05) is 30.3 Å². The van der Waals surface area contributed by atoms with E-state index >= 15 is 0 Å². The molecule has 0 aliphatic rings. The van der Waals surface area contributed by atoms with Gasteiger partial charge in [0.05, 0.1) is 15.2 Å². The maximum atomic E-state index is 5.32. The van der Waals surface area contributed by atoms with Crippen molar-refractivity contribution in [1.82, 2.24) is 15.6 Å². The summed E-state index contributed by atoms with van der Waals surface area (Å²) in [6, 6.07) is 18.6. The molecule has 3 rings (SSSR count). The van der Waals surface area contributed by atoms with Crippen molar-refractivity contribution in [2.75, 3.05) is 18.8 Å². The zero-order valence-electron chi connectivity index (χ0n) is 13.2. The molecular formula is C18H19N3S3. The van der Waals surface area contributed by atoms with Gasteiger partial charge in [0.25, 0.3) is 0 Å². The highest BCUT2D eigenvalue weighted by atomic mass is 32.2. The largest absolute Gasteiger partial charge is 0.362 e. The predicted octanol–water partition coefficient (Wildman–Crippen LogP) is 4.10. The number of fused-ring (bicyclic) bond motifs is 1. The Morgan fingerprint density at radius 2 is 1.75 bits per heavy atom. The van der Waals surface area contributed by atoms with Crippen LogP contribution in [0.5, 0.6) is 0 Å². The molecule has 3 nitrogen and oxygen atoms in total. The van der Waals surface area contributed by atoms with Crippen molar-refractivity contribution in [2.45, 2.75) is 11.3 Å². The fraction of sp³-hybridized carbons (Fsp3) is 0.222. The molecule has 0 amide bonds. The Kier molecular flexibility index (Phi) is 6.46. The standard InChI is InChI=1S/C18H19N3S3/c22-18(20-12-13-23-14-6-2-1-3-7-14)19-11-10-17-21-15-8-4-5-9-16(15)24-17/h1-9H,10-13H2,(H2,19,20,22). The predicted molar refractivity (Wildman–Crippen MR) is 109 cm³/mol. The minimum absolute atomic E-state index is 0.713. The van der Waals surface area contributed by atoms with Crippen molar-refractivity contribution in [1.29, 1.82) is 0 Å². The van der Waals surface area contributed by atoms with E-state index in [1.54, 1.807) is 11.3 Å². The highest BCUT2D eigenvalue weighted by molar-refractivity contribution is 7.99. The van der Waals surface area contributed by atoms with Gasteiger partial charge in [0.2, 0.25) is 0 Å². The van der Waals surface area contributed by atoms with E-state index in [2.05, 4.69) is 58.1 Å². The summed E-state index contributed by atoms with van der Waals surface area (Å²) in [6.07, 6.45) is 0.889. The lowest BCUT2D eigenvalue weighted by atomic mass is 10.3. The Bertz CT molecular complexity index is 753. The zero-order chi connectivity index (χ0) is 16.6. The lowest BCUT2D eigenvalue weighted by molar-refractivity contribution is 0.828. The molecule has 1 aromatic heterocycles. The van der Waals surface area contributed by atoms with Gasteiger partial charge in [0.15, 0.2) is 5.11 Å². The molecule has 2 N–H and O–H groups in total. The van der Waals surface area contributed by atoms with Crippen LogP contribution < -0.4 is 10.6 Å². The molecule has 124 valence electrons. The smallest absolute Gasteiger partial charge is 0.166 e. The summed E-state index contributed by atoms with van der Waals surface area (Å²) < 4.78 is 1.24. The van der Waals surface area contributed by atoms with E-state index in [0.29, 0.717) is 5.11 Å². The molecule has 0 atom stereocenters.